The molecule has 0 amide bonds. The summed E-state index contributed by atoms with van der Waals surface area (Å²) >= 11 is 2.00. The van der Waals surface area contributed by atoms with Gasteiger partial charge in [0.2, 0.25) is 0 Å². The summed E-state index contributed by atoms with van der Waals surface area (Å²) in [4.78, 5) is 6.60. The van der Waals surface area contributed by atoms with Crippen molar-refractivity contribution in [3.05, 3.63) is 18.3 Å². The minimum Gasteiger partial charge on any atom is -0.397 e. The first kappa shape index (κ1) is 11.5. The zero-order chi connectivity index (χ0) is 9.10. The molecule has 2 rings (SSSR count). The van der Waals surface area contributed by atoms with Crippen molar-refractivity contribution in [2.24, 2.45) is 0 Å². The topological polar surface area (TPSA) is 42.1 Å². The summed E-state index contributed by atoms with van der Waals surface area (Å²) in [6, 6.07) is 3.90. The number of nitrogen functional groups attached to an aromatic ring is 1. The summed E-state index contributed by atoms with van der Waals surface area (Å²) in [6.07, 6.45) is 1.72. The van der Waals surface area contributed by atoms with Crippen LogP contribution in [0.4, 0.5) is 11.5 Å². The van der Waals surface area contributed by atoms with E-state index in [9.17, 15) is 0 Å². The first-order valence-corrected chi connectivity index (χ1v) is 5.56. The predicted molar refractivity (Wildman–Crippen MR) is 65.4 cm³/mol. The molecule has 1 fully saturated rings. The van der Waals surface area contributed by atoms with Crippen LogP contribution in [-0.4, -0.2) is 29.6 Å². The second kappa shape index (κ2) is 5.32. The van der Waals surface area contributed by atoms with Crippen molar-refractivity contribution in [3.63, 3.8) is 0 Å². The Hall–Kier alpha value is -0.610. The van der Waals surface area contributed by atoms with Gasteiger partial charge in [0.1, 0.15) is 5.82 Å². The molecular weight excluding hydrogens is 218 g/mol. The Morgan fingerprint density at radius 3 is 2.57 bits per heavy atom. The SMILES string of the molecule is Cl.Nc1ccc(N2CCSCC2)nc1. The highest BCUT2D eigenvalue weighted by Gasteiger charge is 2.11. The van der Waals surface area contributed by atoms with Gasteiger partial charge in [-0.3, -0.25) is 0 Å². The molecule has 0 bridgehead atoms. The van der Waals surface area contributed by atoms with Gasteiger partial charge < -0.3 is 10.6 Å². The Kier molecular flexibility index (Phi) is 4.35. The standard InChI is InChI=1S/C9H13N3S.ClH/c10-8-1-2-9(11-7-8)12-3-5-13-6-4-12;/h1-2,7H,3-6,10H2;1H. The lowest BCUT2D eigenvalue weighted by molar-refractivity contribution is 0.840. The van der Waals surface area contributed by atoms with Crippen LogP contribution in [0.25, 0.3) is 0 Å². The molecule has 1 aromatic heterocycles. The smallest absolute Gasteiger partial charge is 0.128 e. The maximum atomic E-state index is 5.57. The maximum Gasteiger partial charge on any atom is 0.128 e. The molecule has 0 radical (unpaired) electrons. The van der Waals surface area contributed by atoms with Crippen molar-refractivity contribution in [2.75, 3.05) is 35.2 Å². The third-order valence-electron chi connectivity index (χ3n) is 2.11. The van der Waals surface area contributed by atoms with E-state index < -0.39 is 0 Å². The molecule has 1 saturated heterocycles. The van der Waals surface area contributed by atoms with Crippen LogP contribution in [0.3, 0.4) is 0 Å². The molecule has 5 heteroatoms. The average molecular weight is 232 g/mol. The third kappa shape index (κ3) is 2.69. The molecule has 1 aromatic rings. The summed E-state index contributed by atoms with van der Waals surface area (Å²) in [6.45, 7) is 2.20. The largest absolute Gasteiger partial charge is 0.397 e. The number of nitrogens with zero attached hydrogens (tertiary/aromatic N) is 2. The van der Waals surface area contributed by atoms with Crippen LogP contribution in [0.15, 0.2) is 18.3 Å². The maximum absolute atomic E-state index is 5.57. The Labute approximate surface area is 94.5 Å². The number of anilines is 2. The van der Waals surface area contributed by atoms with E-state index >= 15 is 0 Å². The van der Waals surface area contributed by atoms with Gasteiger partial charge in [-0.15, -0.1) is 12.4 Å². The number of hydrogen-bond donors (Lipinski definition) is 1. The van der Waals surface area contributed by atoms with Gasteiger partial charge in [0.15, 0.2) is 0 Å². The lowest BCUT2D eigenvalue weighted by atomic mass is 10.4. The zero-order valence-corrected chi connectivity index (χ0v) is 9.48. The highest BCUT2D eigenvalue weighted by atomic mass is 35.5. The van der Waals surface area contributed by atoms with Gasteiger partial charge in [-0.2, -0.15) is 11.8 Å². The number of thioether (sulfide) groups is 1. The fourth-order valence-corrected chi connectivity index (χ4v) is 2.28. The molecular formula is C9H14ClN3S. The minimum absolute atomic E-state index is 0. The second-order valence-corrected chi connectivity index (χ2v) is 4.27. The van der Waals surface area contributed by atoms with Crippen LogP contribution < -0.4 is 10.6 Å². The molecule has 0 spiro atoms. The number of rotatable bonds is 1. The highest BCUT2D eigenvalue weighted by Crippen LogP contribution is 2.17. The average Bonchev–Trinajstić information content (AvgIpc) is 2.20. The van der Waals surface area contributed by atoms with E-state index in [1.54, 1.807) is 6.20 Å². The molecule has 78 valence electrons. The van der Waals surface area contributed by atoms with Crippen molar-refractivity contribution in [3.8, 4) is 0 Å². The molecule has 1 aliphatic rings. The van der Waals surface area contributed by atoms with Crippen LogP contribution >= 0.6 is 24.2 Å². The number of pyridine rings is 1. The molecule has 2 N–H and O–H groups in total. The highest BCUT2D eigenvalue weighted by molar-refractivity contribution is 7.99. The van der Waals surface area contributed by atoms with Crippen LogP contribution in [0.5, 0.6) is 0 Å². The zero-order valence-electron chi connectivity index (χ0n) is 7.85. The fourth-order valence-electron chi connectivity index (χ4n) is 1.38. The number of nitrogens with two attached hydrogens (primary N) is 1. The van der Waals surface area contributed by atoms with E-state index in [0.29, 0.717) is 0 Å². The first-order valence-electron chi connectivity index (χ1n) is 4.40. The van der Waals surface area contributed by atoms with Crippen LogP contribution in [0.2, 0.25) is 0 Å². The van der Waals surface area contributed by atoms with E-state index in [-0.39, 0.29) is 12.4 Å². The monoisotopic (exact) mass is 231 g/mol. The Balaban J connectivity index is 0.000000980. The van der Waals surface area contributed by atoms with E-state index in [2.05, 4.69) is 9.88 Å². The predicted octanol–water partition coefficient (Wildman–Crippen LogP) is 1.64. The lowest BCUT2D eigenvalue weighted by Crippen LogP contribution is -2.32. The molecule has 0 aromatic carbocycles. The molecule has 3 nitrogen and oxygen atoms in total. The quantitative estimate of drug-likeness (QED) is 0.798. The summed E-state index contributed by atoms with van der Waals surface area (Å²) < 4.78 is 0. The fraction of sp³-hybridized carbons (Fsp3) is 0.444. The van der Waals surface area contributed by atoms with E-state index in [1.165, 1.54) is 11.5 Å². The van der Waals surface area contributed by atoms with Gasteiger partial charge in [0.05, 0.1) is 11.9 Å². The Bertz CT molecular complexity index is 272. The van der Waals surface area contributed by atoms with Crippen molar-refractivity contribution in [2.45, 2.75) is 0 Å². The number of halogens is 1. The summed E-state index contributed by atoms with van der Waals surface area (Å²) in [5.41, 5.74) is 6.30. The first-order chi connectivity index (χ1) is 6.36. The minimum atomic E-state index is 0. The molecule has 14 heavy (non-hydrogen) atoms. The Morgan fingerprint density at radius 1 is 1.29 bits per heavy atom. The normalized spacial score (nSPS) is 16.1. The van der Waals surface area contributed by atoms with Gasteiger partial charge in [-0.1, -0.05) is 0 Å². The van der Waals surface area contributed by atoms with Gasteiger partial charge in [0, 0.05) is 24.6 Å². The van der Waals surface area contributed by atoms with Crippen molar-refractivity contribution >= 4 is 35.7 Å². The molecule has 0 atom stereocenters. The van der Waals surface area contributed by atoms with Crippen molar-refractivity contribution in [1.82, 2.24) is 4.98 Å². The molecule has 0 aliphatic carbocycles. The third-order valence-corrected chi connectivity index (χ3v) is 3.05. The summed E-state index contributed by atoms with van der Waals surface area (Å²) in [5.74, 6) is 3.45. The molecule has 1 aliphatic heterocycles. The van der Waals surface area contributed by atoms with Crippen molar-refractivity contribution in [1.29, 1.82) is 0 Å². The van der Waals surface area contributed by atoms with Gasteiger partial charge in [0.25, 0.3) is 0 Å². The summed E-state index contributed by atoms with van der Waals surface area (Å²) in [5, 5.41) is 0. The van der Waals surface area contributed by atoms with Crippen LogP contribution in [0, 0.1) is 0 Å². The van der Waals surface area contributed by atoms with Gasteiger partial charge in [-0.05, 0) is 12.1 Å². The van der Waals surface area contributed by atoms with Crippen LogP contribution in [0.1, 0.15) is 0 Å². The molecule has 0 saturated carbocycles. The summed E-state index contributed by atoms with van der Waals surface area (Å²) in [7, 11) is 0. The van der Waals surface area contributed by atoms with Gasteiger partial charge >= 0.3 is 0 Å². The number of aromatic nitrogens is 1. The second-order valence-electron chi connectivity index (χ2n) is 3.05. The number of hydrogen-bond acceptors (Lipinski definition) is 4. The Morgan fingerprint density at radius 2 is 2.00 bits per heavy atom. The lowest BCUT2D eigenvalue weighted by Gasteiger charge is -2.27. The van der Waals surface area contributed by atoms with Gasteiger partial charge in [-0.25, -0.2) is 4.98 Å². The molecule has 0 unspecified atom stereocenters. The van der Waals surface area contributed by atoms with Crippen molar-refractivity contribution < 1.29 is 0 Å². The van der Waals surface area contributed by atoms with E-state index in [4.69, 9.17) is 5.73 Å². The van der Waals surface area contributed by atoms with E-state index in [1.807, 2.05) is 23.9 Å². The van der Waals surface area contributed by atoms with E-state index in [0.717, 1.165) is 24.6 Å². The van der Waals surface area contributed by atoms with Crippen LogP contribution in [-0.2, 0) is 0 Å². The molecule has 2 heterocycles.